The molecule has 0 aromatic heterocycles. The van der Waals surface area contributed by atoms with Crippen LogP contribution in [0.25, 0.3) is 0 Å². The van der Waals surface area contributed by atoms with Crippen molar-refractivity contribution in [3.63, 3.8) is 0 Å². The molecular weight excluding hydrogens is 276 g/mol. The molecule has 19 heavy (non-hydrogen) atoms. The third-order valence-corrected chi connectivity index (χ3v) is 4.11. The van der Waals surface area contributed by atoms with Crippen LogP contribution in [-0.4, -0.2) is 54.6 Å². The molecule has 0 aliphatic carbocycles. The third kappa shape index (κ3) is 2.72. The standard InChI is InChI=1S/C10H18N2O6S/c1-9(2,6-11-19(17)18)10(7(13)14)4-3-5-12(10)8(15)16/h11H,3-6H2,1-2H3,(H,13,14)(H,15,16)(H,17,18). The predicted molar refractivity (Wildman–Crippen MR) is 66.9 cm³/mol. The van der Waals surface area contributed by atoms with Gasteiger partial charge in [-0.1, -0.05) is 13.8 Å². The fourth-order valence-corrected chi connectivity index (χ4v) is 3.17. The summed E-state index contributed by atoms with van der Waals surface area (Å²) in [4.78, 5) is 23.8. The number of hydrogen-bond donors (Lipinski definition) is 4. The average Bonchev–Trinajstić information content (AvgIpc) is 2.72. The second kappa shape index (κ2) is 5.43. The number of amides is 1. The Bertz CT molecular complexity index is 413. The molecule has 2 unspecified atom stereocenters. The lowest BCUT2D eigenvalue weighted by molar-refractivity contribution is -0.156. The minimum Gasteiger partial charge on any atom is -0.479 e. The highest BCUT2D eigenvalue weighted by atomic mass is 32.2. The first-order valence-electron chi connectivity index (χ1n) is 5.73. The lowest BCUT2D eigenvalue weighted by Crippen LogP contribution is -2.63. The summed E-state index contributed by atoms with van der Waals surface area (Å²) in [6.07, 6.45) is -0.663. The molecule has 9 heteroatoms. The van der Waals surface area contributed by atoms with Gasteiger partial charge in [0.05, 0.1) is 0 Å². The Morgan fingerprint density at radius 2 is 2.00 bits per heavy atom. The largest absolute Gasteiger partial charge is 0.479 e. The maximum absolute atomic E-state index is 11.7. The lowest BCUT2D eigenvalue weighted by Gasteiger charge is -2.45. The fraction of sp³-hybridized carbons (Fsp3) is 0.800. The summed E-state index contributed by atoms with van der Waals surface area (Å²) in [6, 6.07) is 0. The van der Waals surface area contributed by atoms with Crippen LogP contribution in [0, 0.1) is 5.41 Å². The highest BCUT2D eigenvalue weighted by Gasteiger charge is 2.59. The van der Waals surface area contributed by atoms with E-state index in [-0.39, 0.29) is 19.5 Å². The van der Waals surface area contributed by atoms with Crippen molar-refractivity contribution in [2.24, 2.45) is 5.41 Å². The summed E-state index contributed by atoms with van der Waals surface area (Å²) in [7, 11) is 0. The minimum atomic E-state index is -2.27. The summed E-state index contributed by atoms with van der Waals surface area (Å²) in [5.41, 5.74) is -2.63. The second-order valence-corrected chi connectivity index (χ2v) is 5.94. The van der Waals surface area contributed by atoms with E-state index < -0.39 is 34.3 Å². The maximum Gasteiger partial charge on any atom is 0.408 e. The molecule has 1 saturated heterocycles. The molecule has 1 aliphatic rings. The van der Waals surface area contributed by atoms with Crippen molar-refractivity contribution in [2.75, 3.05) is 13.1 Å². The number of likely N-dealkylation sites (tertiary alicyclic amines) is 1. The van der Waals surface area contributed by atoms with E-state index in [1.165, 1.54) is 0 Å². The van der Waals surface area contributed by atoms with Crippen LogP contribution in [0.4, 0.5) is 4.79 Å². The molecule has 1 amide bonds. The van der Waals surface area contributed by atoms with Crippen molar-refractivity contribution in [3.8, 4) is 0 Å². The van der Waals surface area contributed by atoms with E-state index in [0.717, 1.165) is 4.90 Å². The fourth-order valence-electron chi connectivity index (χ4n) is 2.68. The van der Waals surface area contributed by atoms with Crippen LogP contribution in [0.2, 0.25) is 0 Å². The highest BCUT2D eigenvalue weighted by molar-refractivity contribution is 7.77. The van der Waals surface area contributed by atoms with Crippen molar-refractivity contribution in [1.82, 2.24) is 9.62 Å². The Labute approximate surface area is 113 Å². The minimum absolute atomic E-state index is 0.0911. The van der Waals surface area contributed by atoms with Gasteiger partial charge in [0, 0.05) is 18.5 Å². The molecule has 0 spiro atoms. The second-order valence-electron chi connectivity index (χ2n) is 5.16. The van der Waals surface area contributed by atoms with Crippen LogP contribution >= 0.6 is 0 Å². The number of aliphatic carboxylic acids is 1. The molecule has 2 atom stereocenters. The summed E-state index contributed by atoms with van der Waals surface area (Å²) in [5, 5.41) is 18.7. The first kappa shape index (κ1) is 15.9. The van der Waals surface area contributed by atoms with Crippen LogP contribution < -0.4 is 4.72 Å². The average molecular weight is 294 g/mol. The molecule has 4 N–H and O–H groups in total. The summed E-state index contributed by atoms with van der Waals surface area (Å²) >= 11 is -2.27. The van der Waals surface area contributed by atoms with E-state index in [4.69, 9.17) is 4.55 Å². The van der Waals surface area contributed by atoms with Crippen molar-refractivity contribution >= 4 is 23.3 Å². The van der Waals surface area contributed by atoms with Gasteiger partial charge in [-0.15, -0.1) is 0 Å². The van der Waals surface area contributed by atoms with Gasteiger partial charge < -0.3 is 10.2 Å². The van der Waals surface area contributed by atoms with Gasteiger partial charge in [0.25, 0.3) is 0 Å². The molecule has 0 aromatic rings. The Morgan fingerprint density at radius 1 is 1.42 bits per heavy atom. The van der Waals surface area contributed by atoms with E-state index in [0.29, 0.717) is 6.42 Å². The molecule has 0 saturated carbocycles. The van der Waals surface area contributed by atoms with Crippen molar-refractivity contribution in [1.29, 1.82) is 0 Å². The third-order valence-electron chi connectivity index (χ3n) is 3.72. The number of nitrogens with zero attached hydrogens (tertiary/aromatic N) is 1. The molecular formula is C10H18N2O6S. The van der Waals surface area contributed by atoms with E-state index in [1.807, 2.05) is 0 Å². The summed E-state index contributed by atoms with van der Waals surface area (Å²) in [6.45, 7) is 3.20. The number of nitrogens with one attached hydrogen (secondary N) is 1. The SMILES string of the molecule is CC(C)(CNS(=O)O)C1(C(=O)O)CCCN1C(=O)O. The van der Waals surface area contributed by atoms with Crippen LogP contribution in [-0.2, 0) is 16.1 Å². The molecule has 1 heterocycles. The first-order valence-corrected chi connectivity index (χ1v) is 6.84. The number of carbonyl (C=O) groups is 2. The summed E-state index contributed by atoms with van der Waals surface area (Å²) < 4.78 is 21.7. The van der Waals surface area contributed by atoms with Crippen LogP contribution in [0.1, 0.15) is 26.7 Å². The Hall–Kier alpha value is -1.19. The highest BCUT2D eigenvalue weighted by Crippen LogP contribution is 2.44. The predicted octanol–water partition coefficient (Wildman–Crippen LogP) is 0.336. The van der Waals surface area contributed by atoms with Gasteiger partial charge in [0.1, 0.15) is 5.54 Å². The molecule has 0 bridgehead atoms. The molecule has 0 radical (unpaired) electrons. The van der Waals surface area contributed by atoms with Crippen LogP contribution in [0.3, 0.4) is 0 Å². The first-order chi connectivity index (χ1) is 8.65. The van der Waals surface area contributed by atoms with Crippen molar-refractivity contribution in [2.45, 2.75) is 32.2 Å². The lowest BCUT2D eigenvalue weighted by atomic mass is 9.70. The number of hydrogen-bond acceptors (Lipinski definition) is 3. The van der Waals surface area contributed by atoms with Gasteiger partial charge in [0.2, 0.25) is 11.3 Å². The van der Waals surface area contributed by atoms with Gasteiger partial charge in [-0.2, -0.15) is 0 Å². The summed E-state index contributed by atoms with van der Waals surface area (Å²) in [5.74, 6) is -1.23. The van der Waals surface area contributed by atoms with E-state index >= 15 is 0 Å². The Balaban J connectivity index is 3.14. The zero-order valence-electron chi connectivity index (χ0n) is 10.8. The van der Waals surface area contributed by atoms with Gasteiger partial charge >= 0.3 is 12.1 Å². The van der Waals surface area contributed by atoms with Crippen molar-refractivity contribution < 1.29 is 28.6 Å². The molecule has 1 rings (SSSR count). The van der Waals surface area contributed by atoms with Gasteiger partial charge in [-0.25, -0.2) is 18.5 Å². The normalized spacial score (nSPS) is 25.3. The van der Waals surface area contributed by atoms with Crippen LogP contribution in [0.5, 0.6) is 0 Å². The van der Waals surface area contributed by atoms with Gasteiger partial charge in [-0.3, -0.25) is 9.45 Å². The molecule has 1 fully saturated rings. The van der Waals surface area contributed by atoms with E-state index in [1.54, 1.807) is 13.8 Å². The number of carboxylic acid groups (broad SMARTS) is 2. The topological polar surface area (TPSA) is 127 Å². The zero-order chi connectivity index (χ0) is 14.8. The number of carboxylic acids is 1. The monoisotopic (exact) mass is 294 g/mol. The smallest absolute Gasteiger partial charge is 0.408 e. The van der Waals surface area contributed by atoms with E-state index in [9.17, 15) is 24.0 Å². The molecule has 1 aliphatic heterocycles. The molecule has 0 aromatic carbocycles. The van der Waals surface area contributed by atoms with Gasteiger partial charge in [0.15, 0.2) is 0 Å². The molecule has 8 nitrogen and oxygen atoms in total. The quantitative estimate of drug-likeness (QED) is 0.541. The Kier molecular flexibility index (Phi) is 4.54. The van der Waals surface area contributed by atoms with Crippen molar-refractivity contribution in [3.05, 3.63) is 0 Å². The van der Waals surface area contributed by atoms with E-state index in [2.05, 4.69) is 4.72 Å². The Morgan fingerprint density at radius 3 is 2.42 bits per heavy atom. The zero-order valence-corrected chi connectivity index (χ0v) is 11.6. The maximum atomic E-state index is 11.7. The number of rotatable bonds is 5. The van der Waals surface area contributed by atoms with Gasteiger partial charge in [-0.05, 0) is 12.8 Å². The van der Waals surface area contributed by atoms with Crippen LogP contribution in [0.15, 0.2) is 0 Å². The molecule has 110 valence electrons.